The molecule has 2 aromatic carbocycles. The molecule has 1 fully saturated rings. The number of hydrogen-bond acceptors (Lipinski definition) is 5. The maximum absolute atomic E-state index is 12.6. The highest BCUT2D eigenvalue weighted by Gasteiger charge is 2.20. The average molecular weight is 429 g/mol. The summed E-state index contributed by atoms with van der Waals surface area (Å²) >= 11 is 1.53. The van der Waals surface area contributed by atoms with E-state index in [4.69, 9.17) is 10.00 Å². The number of hydrogen-bond donors (Lipinski definition) is 1. The van der Waals surface area contributed by atoms with E-state index < -0.39 is 10.8 Å². The molecule has 1 unspecified atom stereocenters. The quantitative estimate of drug-likeness (QED) is 0.691. The fourth-order valence-electron chi connectivity index (χ4n) is 3.09. The monoisotopic (exact) mass is 428 g/mol. The summed E-state index contributed by atoms with van der Waals surface area (Å²) in [6.07, 6.45) is 1.69. The number of nitrogens with zero attached hydrogens (tertiary/aromatic N) is 1. The number of nitriles is 1. The second-order valence-corrected chi connectivity index (χ2v) is 9.59. The van der Waals surface area contributed by atoms with Crippen LogP contribution >= 0.6 is 11.8 Å². The minimum absolute atomic E-state index is 0.0636. The van der Waals surface area contributed by atoms with Crippen LogP contribution in [-0.4, -0.2) is 34.3 Å². The van der Waals surface area contributed by atoms with Gasteiger partial charge in [-0.2, -0.15) is 5.26 Å². The topological polar surface area (TPSA) is 79.2 Å². The van der Waals surface area contributed by atoms with Crippen LogP contribution in [0.5, 0.6) is 0 Å². The van der Waals surface area contributed by atoms with Crippen LogP contribution < -0.4 is 5.32 Å². The van der Waals surface area contributed by atoms with Gasteiger partial charge in [-0.05, 0) is 48.2 Å². The first-order valence-corrected chi connectivity index (χ1v) is 12.1. The molecule has 0 saturated carbocycles. The Morgan fingerprint density at radius 1 is 1.17 bits per heavy atom. The van der Waals surface area contributed by atoms with Gasteiger partial charge in [-0.15, -0.1) is 11.8 Å². The summed E-state index contributed by atoms with van der Waals surface area (Å²) in [5.74, 6) is 1.50. The second kappa shape index (κ2) is 11.1. The molecule has 152 valence electrons. The number of amides is 1. The van der Waals surface area contributed by atoms with Gasteiger partial charge in [0, 0.05) is 46.5 Å². The number of ether oxygens (including phenoxy) is 1. The Morgan fingerprint density at radius 3 is 2.66 bits per heavy atom. The highest BCUT2D eigenvalue weighted by molar-refractivity contribution is 7.99. The van der Waals surface area contributed by atoms with Crippen molar-refractivity contribution in [1.82, 2.24) is 0 Å². The SMILES string of the molecule is N#Cc1ccc(CSCC(=O)Nc2cccc(CS(=O)C3CCOCC3)c2)cc1. The predicted octanol–water partition coefficient (Wildman–Crippen LogP) is 3.86. The average Bonchev–Trinajstić information content (AvgIpc) is 2.75. The van der Waals surface area contributed by atoms with Gasteiger partial charge in [-0.3, -0.25) is 9.00 Å². The molecule has 5 nitrogen and oxygen atoms in total. The molecule has 1 aliphatic rings. The van der Waals surface area contributed by atoms with Crippen LogP contribution in [0.15, 0.2) is 48.5 Å². The first-order chi connectivity index (χ1) is 14.1. The van der Waals surface area contributed by atoms with E-state index in [2.05, 4.69) is 11.4 Å². The summed E-state index contributed by atoms with van der Waals surface area (Å²) in [6, 6.07) is 17.1. The third-order valence-electron chi connectivity index (χ3n) is 4.64. The second-order valence-electron chi connectivity index (χ2n) is 6.89. The summed E-state index contributed by atoms with van der Waals surface area (Å²) in [7, 11) is -0.924. The molecule has 1 N–H and O–H groups in total. The lowest BCUT2D eigenvalue weighted by atomic mass is 10.2. The van der Waals surface area contributed by atoms with E-state index in [-0.39, 0.29) is 11.2 Å². The fraction of sp³-hybridized carbons (Fsp3) is 0.364. The molecule has 0 spiro atoms. The lowest BCUT2D eigenvalue weighted by Gasteiger charge is -2.21. The van der Waals surface area contributed by atoms with Crippen molar-refractivity contribution in [2.45, 2.75) is 29.6 Å². The Kier molecular flexibility index (Phi) is 8.29. The smallest absolute Gasteiger partial charge is 0.234 e. The predicted molar refractivity (Wildman–Crippen MR) is 118 cm³/mol. The fourth-order valence-corrected chi connectivity index (χ4v) is 5.34. The van der Waals surface area contributed by atoms with Crippen molar-refractivity contribution in [3.63, 3.8) is 0 Å². The zero-order valence-corrected chi connectivity index (χ0v) is 17.8. The van der Waals surface area contributed by atoms with Gasteiger partial charge in [0.2, 0.25) is 5.91 Å². The van der Waals surface area contributed by atoms with Crippen LogP contribution in [0.4, 0.5) is 5.69 Å². The summed E-state index contributed by atoms with van der Waals surface area (Å²) in [5, 5.41) is 11.9. The Hall–Kier alpha value is -2.14. The van der Waals surface area contributed by atoms with Crippen LogP contribution in [-0.2, 0) is 31.8 Å². The maximum Gasteiger partial charge on any atom is 0.234 e. The summed E-state index contributed by atoms with van der Waals surface area (Å²) in [6.45, 7) is 1.37. The zero-order valence-electron chi connectivity index (χ0n) is 16.1. The number of thioether (sulfide) groups is 1. The normalized spacial score (nSPS) is 15.4. The van der Waals surface area contributed by atoms with E-state index in [9.17, 15) is 9.00 Å². The number of carbonyl (C=O) groups is 1. The number of anilines is 1. The van der Waals surface area contributed by atoms with Gasteiger partial charge >= 0.3 is 0 Å². The van der Waals surface area contributed by atoms with Crippen molar-refractivity contribution in [3.05, 3.63) is 65.2 Å². The molecule has 0 radical (unpaired) electrons. The van der Waals surface area contributed by atoms with Crippen LogP contribution in [0.1, 0.15) is 29.5 Å². The molecule has 0 aromatic heterocycles. The Labute approximate surface area is 178 Å². The van der Waals surface area contributed by atoms with Crippen molar-refractivity contribution in [1.29, 1.82) is 5.26 Å². The minimum atomic E-state index is -0.924. The standard InChI is InChI=1S/C22H24N2O3S2/c23-13-17-4-6-18(7-5-17)14-28-15-22(25)24-20-3-1-2-19(12-20)16-29(26)21-8-10-27-11-9-21/h1-7,12,21H,8-11,14-16H2,(H,24,25). The number of nitrogens with one attached hydrogen (secondary N) is 1. The van der Waals surface area contributed by atoms with Crippen molar-refractivity contribution in [2.24, 2.45) is 0 Å². The molecule has 0 aliphatic carbocycles. The van der Waals surface area contributed by atoms with E-state index in [0.717, 1.165) is 29.7 Å². The van der Waals surface area contributed by atoms with E-state index in [1.54, 1.807) is 12.1 Å². The summed E-state index contributed by atoms with van der Waals surface area (Å²) < 4.78 is 17.9. The highest BCUT2D eigenvalue weighted by Crippen LogP contribution is 2.19. The molecule has 1 saturated heterocycles. The van der Waals surface area contributed by atoms with E-state index in [0.29, 0.717) is 36.0 Å². The van der Waals surface area contributed by atoms with Crippen molar-refractivity contribution in [2.75, 3.05) is 24.3 Å². The Morgan fingerprint density at radius 2 is 1.93 bits per heavy atom. The van der Waals surface area contributed by atoms with E-state index in [1.807, 2.05) is 36.4 Å². The third kappa shape index (κ3) is 7.00. The van der Waals surface area contributed by atoms with Crippen molar-refractivity contribution < 1.29 is 13.7 Å². The molecule has 0 bridgehead atoms. The largest absolute Gasteiger partial charge is 0.381 e. The summed E-state index contributed by atoms with van der Waals surface area (Å²) in [5.41, 5.74) is 3.42. The molecule has 1 atom stereocenters. The molecule has 1 heterocycles. The molecule has 7 heteroatoms. The Balaban J connectivity index is 1.45. The molecular formula is C22H24N2O3S2. The van der Waals surface area contributed by atoms with Gasteiger partial charge in [0.25, 0.3) is 0 Å². The first-order valence-electron chi connectivity index (χ1n) is 9.54. The molecule has 3 rings (SSSR count). The van der Waals surface area contributed by atoms with Gasteiger partial charge in [-0.1, -0.05) is 24.3 Å². The number of benzene rings is 2. The van der Waals surface area contributed by atoms with Gasteiger partial charge in [0.1, 0.15) is 0 Å². The van der Waals surface area contributed by atoms with Gasteiger partial charge in [-0.25, -0.2) is 0 Å². The van der Waals surface area contributed by atoms with Crippen LogP contribution in [0, 0.1) is 11.3 Å². The third-order valence-corrected chi connectivity index (χ3v) is 7.48. The highest BCUT2D eigenvalue weighted by atomic mass is 32.2. The van der Waals surface area contributed by atoms with E-state index >= 15 is 0 Å². The number of carbonyl (C=O) groups excluding carboxylic acids is 1. The zero-order chi connectivity index (χ0) is 20.5. The van der Waals surface area contributed by atoms with Crippen LogP contribution in [0.2, 0.25) is 0 Å². The maximum atomic E-state index is 12.6. The van der Waals surface area contributed by atoms with Crippen LogP contribution in [0.3, 0.4) is 0 Å². The molecule has 1 amide bonds. The molecule has 2 aromatic rings. The van der Waals surface area contributed by atoms with Gasteiger partial charge < -0.3 is 10.1 Å². The van der Waals surface area contributed by atoms with Crippen molar-refractivity contribution >= 4 is 34.2 Å². The van der Waals surface area contributed by atoms with Crippen LogP contribution in [0.25, 0.3) is 0 Å². The summed E-state index contributed by atoms with van der Waals surface area (Å²) in [4.78, 5) is 12.2. The Bertz CT molecular complexity index is 888. The minimum Gasteiger partial charge on any atom is -0.381 e. The molecular weight excluding hydrogens is 404 g/mol. The molecule has 1 aliphatic heterocycles. The lowest BCUT2D eigenvalue weighted by Crippen LogP contribution is -2.25. The van der Waals surface area contributed by atoms with Gasteiger partial charge in [0.05, 0.1) is 17.4 Å². The van der Waals surface area contributed by atoms with Crippen molar-refractivity contribution in [3.8, 4) is 6.07 Å². The number of rotatable bonds is 8. The molecule has 29 heavy (non-hydrogen) atoms. The van der Waals surface area contributed by atoms with E-state index in [1.165, 1.54) is 11.8 Å². The van der Waals surface area contributed by atoms with Gasteiger partial charge in [0.15, 0.2) is 0 Å². The first kappa shape index (κ1) is 21.6. The lowest BCUT2D eigenvalue weighted by molar-refractivity contribution is -0.113.